The molecule has 0 saturated carbocycles. The molecule has 0 bridgehead atoms. The maximum atomic E-state index is 12.0. The highest BCUT2D eigenvalue weighted by Gasteiger charge is 2.20. The summed E-state index contributed by atoms with van der Waals surface area (Å²) in [5.74, 6) is 0.226. The van der Waals surface area contributed by atoms with E-state index in [4.69, 9.17) is 23.2 Å². The Bertz CT molecular complexity index is 469. The Morgan fingerprint density at radius 1 is 1.63 bits per heavy atom. The van der Waals surface area contributed by atoms with Crippen LogP contribution >= 0.6 is 23.2 Å². The van der Waals surface area contributed by atoms with Crippen molar-refractivity contribution in [1.29, 1.82) is 0 Å². The van der Waals surface area contributed by atoms with E-state index in [1.54, 1.807) is 6.07 Å². The van der Waals surface area contributed by atoms with E-state index in [0.29, 0.717) is 28.4 Å². The number of halogens is 2. The molecule has 1 aromatic rings. The molecule has 0 aliphatic carbocycles. The lowest BCUT2D eigenvalue weighted by Crippen LogP contribution is -2.52. The average molecular weight is 303 g/mol. The number of nitrogens with one attached hydrogen (secondary N) is 2. The monoisotopic (exact) mass is 302 g/mol. The molecule has 0 spiro atoms. The van der Waals surface area contributed by atoms with Crippen LogP contribution in [-0.4, -0.2) is 48.0 Å². The Morgan fingerprint density at radius 3 is 3.11 bits per heavy atom. The van der Waals surface area contributed by atoms with Crippen LogP contribution in [0.2, 0.25) is 10.0 Å². The van der Waals surface area contributed by atoms with Gasteiger partial charge in [-0.3, -0.25) is 9.69 Å². The lowest BCUT2D eigenvalue weighted by molar-refractivity contribution is -0.118. The van der Waals surface area contributed by atoms with Gasteiger partial charge in [-0.1, -0.05) is 23.2 Å². The summed E-state index contributed by atoms with van der Waals surface area (Å²) < 4.78 is 0. The van der Waals surface area contributed by atoms with Crippen molar-refractivity contribution in [3.63, 3.8) is 0 Å². The van der Waals surface area contributed by atoms with E-state index < -0.39 is 0 Å². The van der Waals surface area contributed by atoms with E-state index in [9.17, 15) is 4.79 Å². The molecule has 2 rings (SSSR count). The van der Waals surface area contributed by atoms with Crippen molar-refractivity contribution >= 4 is 34.9 Å². The minimum Gasteiger partial charge on any atom is -0.314 e. The molecular formula is C12H16Cl2N4O. The molecule has 7 heteroatoms. The smallest absolute Gasteiger partial charge is 0.239 e. The van der Waals surface area contributed by atoms with E-state index in [0.717, 1.165) is 19.6 Å². The zero-order valence-corrected chi connectivity index (χ0v) is 12.1. The molecule has 0 radical (unpaired) electrons. The molecule has 1 unspecified atom stereocenters. The second kappa shape index (κ2) is 6.52. The quantitative estimate of drug-likeness (QED) is 0.891. The molecule has 1 aromatic heterocycles. The third-order valence-electron chi connectivity index (χ3n) is 3.05. The third kappa shape index (κ3) is 4.04. The number of aromatic nitrogens is 1. The van der Waals surface area contributed by atoms with Crippen molar-refractivity contribution in [1.82, 2.24) is 15.2 Å². The van der Waals surface area contributed by atoms with Crippen molar-refractivity contribution in [3.8, 4) is 0 Å². The van der Waals surface area contributed by atoms with Gasteiger partial charge in [0.15, 0.2) is 5.82 Å². The van der Waals surface area contributed by atoms with Crippen LogP contribution < -0.4 is 10.6 Å². The maximum absolute atomic E-state index is 12.0. The van der Waals surface area contributed by atoms with Crippen LogP contribution in [0.3, 0.4) is 0 Å². The Morgan fingerprint density at radius 2 is 2.42 bits per heavy atom. The number of hydrogen-bond donors (Lipinski definition) is 2. The lowest BCUT2D eigenvalue weighted by atomic mass is 10.2. The molecule has 1 atom stereocenters. The number of nitrogens with zero attached hydrogens (tertiary/aromatic N) is 2. The molecule has 0 aromatic carbocycles. The highest BCUT2D eigenvalue weighted by Crippen LogP contribution is 2.22. The van der Waals surface area contributed by atoms with E-state index >= 15 is 0 Å². The Kier molecular flexibility index (Phi) is 4.99. The lowest BCUT2D eigenvalue weighted by Gasteiger charge is -2.33. The van der Waals surface area contributed by atoms with Gasteiger partial charge in [0, 0.05) is 31.9 Å². The molecular weight excluding hydrogens is 287 g/mol. The summed E-state index contributed by atoms with van der Waals surface area (Å²) in [6.07, 6.45) is 1.45. The normalized spacial score (nSPS) is 20.3. The number of amides is 1. The maximum Gasteiger partial charge on any atom is 0.239 e. The standard InChI is InChI=1S/C12H16Cl2N4O/c1-8-5-15-2-3-18(8)7-11(19)17-12-10(14)4-9(13)6-16-12/h4,6,8,15H,2-3,5,7H2,1H3,(H,16,17,19). The molecule has 2 N–H and O–H groups in total. The number of carbonyl (C=O) groups excluding carboxylic acids is 1. The van der Waals surface area contributed by atoms with Crippen LogP contribution in [-0.2, 0) is 4.79 Å². The summed E-state index contributed by atoms with van der Waals surface area (Å²) in [6.45, 7) is 5.08. The van der Waals surface area contributed by atoms with Crippen LogP contribution in [0, 0.1) is 0 Å². The fraction of sp³-hybridized carbons (Fsp3) is 0.500. The van der Waals surface area contributed by atoms with E-state index in [1.807, 2.05) is 0 Å². The predicted octanol–water partition coefficient (Wildman–Crippen LogP) is 1.62. The van der Waals surface area contributed by atoms with Gasteiger partial charge in [-0.05, 0) is 13.0 Å². The summed E-state index contributed by atoms with van der Waals surface area (Å²) in [5.41, 5.74) is 0. The first-order valence-corrected chi connectivity index (χ1v) is 6.87. The van der Waals surface area contributed by atoms with Crippen molar-refractivity contribution in [2.45, 2.75) is 13.0 Å². The Labute approximate surface area is 122 Å². The van der Waals surface area contributed by atoms with Gasteiger partial charge in [-0.2, -0.15) is 0 Å². The average Bonchev–Trinajstić information content (AvgIpc) is 2.36. The van der Waals surface area contributed by atoms with E-state index in [-0.39, 0.29) is 5.91 Å². The van der Waals surface area contributed by atoms with Gasteiger partial charge >= 0.3 is 0 Å². The predicted molar refractivity (Wildman–Crippen MR) is 76.8 cm³/mol. The number of pyridine rings is 1. The summed E-state index contributed by atoms with van der Waals surface area (Å²) in [6, 6.07) is 1.90. The van der Waals surface area contributed by atoms with Gasteiger partial charge < -0.3 is 10.6 Å². The fourth-order valence-corrected chi connectivity index (χ4v) is 2.41. The molecule has 1 fully saturated rings. The zero-order chi connectivity index (χ0) is 13.8. The second-order valence-electron chi connectivity index (χ2n) is 4.56. The van der Waals surface area contributed by atoms with Gasteiger partial charge in [0.1, 0.15) is 0 Å². The van der Waals surface area contributed by atoms with Crippen LogP contribution in [0.25, 0.3) is 0 Å². The first kappa shape index (κ1) is 14.5. The Hall–Kier alpha value is -0.880. The van der Waals surface area contributed by atoms with Gasteiger partial charge in [-0.25, -0.2) is 4.98 Å². The zero-order valence-electron chi connectivity index (χ0n) is 10.6. The largest absolute Gasteiger partial charge is 0.314 e. The summed E-state index contributed by atoms with van der Waals surface area (Å²) in [4.78, 5) is 18.1. The van der Waals surface area contributed by atoms with Crippen LogP contribution in [0.1, 0.15) is 6.92 Å². The molecule has 19 heavy (non-hydrogen) atoms. The number of anilines is 1. The minimum absolute atomic E-state index is 0.120. The number of hydrogen-bond acceptors (Lipinski definition) is 4. The van der Waals surface area contributed by atoms with Gasteiger partial charge in [-0.15, -0.1) is 0 Å². The van der Waals surface area contributed by atoms with Gasteiger partial charge in [0.25, 0.3) is 0 Å². The van der Waals surface area contributed by atoms with Gasteiger partial charge in [0.05, 0.1) is 16.6 Å². The van der Waals surface area contributed by atoms with Crippen molar-refractivity contribution in [2.24, 2.45) is 0 Å². The molecule has 1 amide bonds. The highest BCUT2D eigenvalue weighted by molar-refractivity contribution is 6.36. The number of rotatable bonds is 3. The van der Waals surface area contributed by atoms with Crippen molar-refractivity contribution < 1.29 is 4.79 Å². The number of piperazine rings is 1. The van der Waals surface area contributed by atoms with E-state index in [2.05, 4.69) is 27.4 Å². The fourth-order valence-electron chi connectivity index (χ4n) is 1.98. The first-order chi connectivity index (χ1) is 9.06. The molecule has 1 aliphatic rings. The topological polar surface area (TPSA) is 57.3 Å². The van der Waals surface area contributed by atoms with Crippen molar-refractivity contribution in [2.75, 3.05) is 31.5 Å². The summed E-state index contributed by atoms with van der Waals surface area (Å²) >= 11 is 11.7. The third-order valence-corrected chi connectivity index (χ3v) is 3.55. The summed E-state index contributed by atoms with van der Waals surface area (Å²) in [5, 5.41) is 6.77. The highest BCUT2D eigenvalue weighted by atomic mass is 35.5. The molecule has 1 saturated heterocycles. The second-order valence-corrected chi connectivity index (χ2v) is 5.40. The van der Waals surface area contributed by atoms with Crippen LogP contribution in [0.4, 0.5) is 5.82 Å². The number of carbonyl (C=O) groups is 1. The van der Waals surface area contributed by atoms with Crippen LogP contribution in [0.15, 0.2) is 12.3 Å². The minimum atomic E-state index is -0.120. The molecule has 104 valence electrons. The molecule has 2 heterocycles. The van der Waals surface area contributed by atoms with Crippen LogP contribution in [0.5, 0.6) is 0 Å². The summed E-state index contributed by atoms with van der Waals surface area (Å²) in [7, 11) is 0. The Balaban J connectivity index is 1.93. The van der Waals surface area contributed by atoms with E-state index in [1.165, 1.54) is 6.20 Å². The first-order valence-electron chi connectivity index (χ1n) is 6.12. The SMILES string of the molecule is CC1CNCCN1CC(=O)Nc1ncc(Cl)cc1Cl. The molecule has 5 nitrogen and oxygen atoms in total. The molecule has 1 aliphatic heterocycles. The van der Waals surface area contributed by atoms with Crippen molar-refractivity contribution in [3.05, 3.63) is 22.3 Å². The van der Waals surface area contributed by atoms with Gasteiger partial charge in [0.2, 0.25) is 5.91 Å².